The molecule has 32 heavy (non-hydrogen) atoms. The van der Waals surface area contributed by atoms with Crippen molar-refractivity contribution in [3.8, 4) is 0 Å². The van der Waals surface area contributed by atoms with Crippen LogP contribution in [0.15, 0.2) is 65.9 Å². The van der Waals surface area contributed by atoms with Gasteiger partial charge < -0.3 is 20.3 Å². The van der Waals surface area contributed by atoms with E-state index in [2.05, 4.69) is 10.6 Å². The van der Waals surface area contributed by atoms with Crippen LogP contribution in [0.1, 0.15) is 43.3 Å². The molecule has 2 N–H and O–H groups in total. The predicted molar refractivity (Wildman–Crippen MR) is 123 cm³/mol. The van der Waals surface area contributed by atoms with Crippen LogP contribution in [-0.2, 0) is 14.3 Å². The summed E-state index contributed by atoms with van der Waals surface area (Å²) < 4.78 is 5.41. The average Bonchev–Trinajstić information content (AvgIpc) is 2.76. The summed E-state index contributed by atoms with van der Waals surface area (Å²) in [4.78, 5) is 39.3. The fraction of sp³-hybridized carbons (Fsp3) is 0.292. The average molecular weight is 456 g/mol. The highest BCUT2D eigenvalue weighted by Gasteiger charge is 2.35. The number of anilines is 1. The first kappa shape index (κ1) is 23.3. The van der Waals surface area contributed by atoms with Gasteiger partial charge in [0.2, 0.25) is 5.91 Å². The van der Waals surface area contributed by atoms with Crippen LogP contribution in [0.4, 0.5) is 10.5 Å². The van der Waals surface area contributed by atoms with Crippen LogP contribution in [-0.4, -0.2) is 36.0 Å². The first-order valence-electron chi connectivity index (χ1n) is 10.2. The maximum Gasteiger partial charge on any atom is 0.338 e. The smallest absolute Gasteiger partial charge is 0.338 e. The maximum absolute atomic E-state index is 12.8. The van der Waals surface area contributed by atoms with Gasteiger partial charge in [-0.1, -0.05) is 42.5 Å². The van der Waals surface area contributed by atoms with Crippen molar-refractivity contribution in [3.05, 3.63) is 77.0 Å². The number of rotatable bonds is 6. The molecule has 2 unspecified atom stereocenters. The summed E-state index contributed by atoms with van der Waals surface area (Å²) in [6.45, 7) is 5.23. The van der Waals surface area contributed by atoms with Crippen LogP contribution >= 0.6 is 11.6 Å². The molecule has 7 nitrogen and oxygen atoms in total. The Hall–Kier alpha value is -3.32. The molecule has 0 fully saturated rings. The number of nitrogens with zero attached hydrogens (tertiary/aromatic N) is 1. The molecular formula is C24H26ClN3O4. The van der Waals surface area contributed by atoms with Crippen molar-refractivity contribution >= 4 is 35.2 Å². The summed E-state index contributed by atoms with van der Waals surface area (Å²) in [7, 11) is 1.59. The summed E-state index contributed by atoms with van der Waals surface area (Å²) in [5.41, 5.74) is 2.65. The van der Waals surface area contributed by atoms with Crippen LogP contribution in [0.5, 0.6) is 0 Å². The topological polar surface area (TPSA) is 87.7 Å². The number of nitrogens with one attached hydrogen (secondary N) is 2. The molecule has 8 heteroatoms. The number of urea groups is 1. The van der Waals surface area contributed by atoms with Gasteiger partial charge in [0.1, 0.15) is 5.38 Å². The van der Waals surface area contributed by atoms with Crippen LogP contribution in [0.25, 0.3) is 0 Å². The van der Waals surface area contributed by atoms with Gasteiger partial charge in [-0.15, -0.1) is 11.6 Å². The summed E-state index contributed by atoms with van der Waals surface area (Å²) >= 11 is 6.32. The van der Waals surface area contributed by atoms with Crippen molar-refractivity contribution in [2.45, 2.75) is 38.3 Å². The zero-order valence-corrected chi connectivity index (χ0v) is 19.1. The fourth-order valence-corrected chi connectivity index (χ4v) is 3.60. The number of esters is 1. The number of benzene rings is 2. The normalized spacial score (nSPS) is 17.1. The van der Waals surface area contributed by atoms with Crippen molar-refractivity contribution in [2.75, 3.05) is 12.4 Å². The number of allylic oxidation sites excluding steroid dienone is 1. The number of halogens is 1. The molecule has 0 spiro atoms. The Labute approximate surface area is 192 Å². The van der Waals surface area contributed by atoms with Gasteiger partial charge in [0.05, 0.1) is 17.7 Å². The molecule has 3 amide bonds. The highest BCUT2D eigenvalue weighted by atomic mass is 35.5. The standard InChI is InChI=1S/C24H26ClN3O4/c1-14(2)32-23(30)19-15(3)28(4)24(31)27-21(19)17-11-8-12-18(13-17)26-22(29)20(25)16-9-6-5-7-10-16/h5-14,20-21H,1-4H3,(H,26,29)(H,27,31). The predicted octanol–water partition coefficient (Wildman–Crippen LogP) is 4.53. The van der Waals surface area contributed by atoms with E-state index in [1.54, 1.807) is 64.2 Å². The number of hydrogen-bond acceptors (Lipinski definition) is 4. The number of amides is 3. The lowest BCUT2D eigenvalue weighted by Gasteiger charge is -2.33. The fourth-order valence-electron chi connectivity index (χ4n) is 3.40. The van der Waals surface area contributed by atoms with Crippen molar-refractivity contribution in [1.82, 2.24) is 10.2 Å². The molecule has 0 saturated carbocycles. The van der Waals surface area contributed by atoms with E-state index in [1.165, 1.54) is 4.90 Å². The Balaban J connectivity index is 1.89. The number of carbonyl (C=O) groups is 3. The largest absolute Gasteiger partial charge is 0.459 e. The Morgan fingerprint density at radius 3 is 2.47 bits per heavy atom. The molecule has 0 bridgehead atoms. The Bertz CT molecular complexity index is 1050. The van der Waals surface area contributed by atoms with E-state index in [0.29, 0.717) is 28.1 Å². The Kier molecular flexibility index (Phi) is 7.20. The quantitative estimate of drug-likeness (QED) is 0.495. The number of carbonyl (C=O) groups excluding carboxylic acids is 3. The molecule has 1 heterocycles. The highest BCUT2D eigenvalue weighted by Crippen LogP contribution is 2.32. The minimum atomic E-state index is -0.860. The summed E-state index contributed by atoms with van der Waals surface area (Å²) in [6, 6.07) is 14.9. The summed E-state index contributed by atoms with van der Waals surface area (Å²) in [5, 5.41) is 4.78. The minimum absolute atomic E-state index is 0.310. The SMILES string of the molecule is CC1=C(C(=O)OC(C)C)C(c2cccc(NC(=O)C(Cl)c3ccccc3)c2)NC(=O)N1C. The van der Waals surface area contributed by atoms with E-state index >= 15 is 0 Å². The molecule has 1 aliphatic rings. The number of alkyl halides is 1. The van der Waals surface area contributed by atoms with Crippen molar-refractivity contribution < 1.29 is 19.1 Å². The van der Waals surface area contributed by atoms with Crippen LogP contribution in [0, 0.1) is 0 Å². The van der Waals surface area contributed by atoms with Gasteiger partial charge in [0, 0.05) is 18.4 Å². The van der Waals surface area contributed by atoms with Gasteiger partial charge in [0.25, 0.3) is 0 Å². The second kappa shape index (κ2) is 9.87. The molecule has 0 radical (unpaired) electrons. The molecule has 2 aromatic carbocycles. The first-order chi connectivity index (χ1) is 15.2. The van der Waals surface area contributed by atoms with Gasteiger partial charge in [-0.2, -0.15) is 0 Å². The summed E-state index contributed by atoms with van der Waals surface area (Å²) in [5.74, 6) is -0.887. The van der Waals surface area contributed by atoms with Crippen molar-refractivity contribution in [3.63, 3.8) is 0 Å². The lowest BCUT2D eigenvalue weighted by Crippen LogP contribution is -2.46. The van der Waals surface area contributed by atoms with Gasteiger partial charge in [-0.25, -0.2) is 9.59 Å². The molecule has 2 aromatic rings. The van der Waals surface area contributed by atoms with Gasteiger partial charge in [-0.05, 0) is 44.0 Å². The lowest BCUT2D eigenvalue weighted by atomic mass is 9.94. The third-order valence-electron chi connectivity index (χ3n) is 5.13. The molecule has 0 aliphatic carbocycles. The van der Waals surface area contributed by atoms with E-state index in [1.807, 2.05) is 18.2 Å². The molecule has 0 aromatic heterocycles. The van der Waals surface area contributed by atoms with E-state index in [0.717, 1.165) is 0 Å². The van der Waals surface area contributed by atoms with Crippen LogP contribution < -0.4 is 10.6 Å². The van der Waals surface area contributed by atoms with Gasteiger partial charge in [0.15, 0.2) is 0 Å². The van der Waals surface area contributed by atoms with Gasteiger partial charge in [-0.3, -0.25) is 4.79 Å². The van der Waals surface area contributed by atoms with E-state index < -0.39 is 17.4 Å². The highest BCUT2D eigenvalue weighted by molar-refractivity contribution is 6.32. The van der Waals surface area contributed by atoms with Crippen LogP contribution in [0.2, 0.25) is 0 Å². The van der Waals surface area contributed by atoms with Gasteiger partial charge >= 0.3 is 12.0 Å². The van der Waals surface area contributed by atoms with Crippen molar-refractivity contribution in [2.24, 2.45) is 0 Å². The van der Waals surface area contributed by atoms with E-state index in [-0.39, 0.29) is 18.0 Å². The zero-order chi connectivity index (χ0) is 23.4. The first-order valence-corrected chi connectivity index (χ1v) is 10.7. The monoisotopic (exact) mass is 455 g/mol. The molecule has 0 saturated heterocycles. The third-order valence-corrected chi connectivity index (χ3v) is 5.58. The second-order valence-corrected chi connectivity index (χ2v) is 8.22. The molecule has 3 rings (SSSR count). The number of ether oxygens (including phenoxy) is 1. The Morgan fingerprint density at radius 2 is 1.81 bits per heavy atom. The molecule has 168 valence electrons. The van der Waals surface area contributed by atoms with Crippen LogP contribution in [0.3, 0.4) is 0 Å². The Morgan fingerprint density at radius 1 is 1.12 bits per heavy atom. The molecule has 1 aliphatic heterocycles. The molecule has 2 atom stereocenters. The second-order valence-electron chi connectivity index (χ2n) is 7.78. The number of hydrogen-bond donors (Lipinski definition) is 2. The minimum Gasteiger partial charge on any atom is -0.459 e. The lowest BCUT2D eigenvalue weighted by molar-refractivity contribution is -0.143. The van der Waals surface area contributed by atoms with Crippen molar-refractivity contribution in [1.29, 1.82) is 0 Å². The zero-order valence-electron chi connectivity index (χ0n) is 18.4. The third kappa shape index (κ3) is 5.11. The summed E-state index contributed by atoms with van der Waals surface area (Å²) in [6.07, 6.45) is -0.310. The molecular weight excluding hydrogens is 430 g/mol. The van der Waals surface area contributed by atoms with E-state index in [4.69, 9.17) is 16.3 Å². The van der Waals surface area contributed by atoms with E-state index in [9.17, 15) is 14.4 Å². The maximum atomic E-state index is 12.8.